The zero-order valence-corrected chi connectivity index (χ0v) is 18.4. The molecule has 0 spiro atoms. The highest BCUT2D eigenvalue weighted by molar-refractivity contribution is 7.98. The van der Waals surface area contributed by atoms with Crippen molar-refractivity contribution < 1.29 is 14.1 Å². The monoisotopic (exact) mass is 439 g/mol. The van der Waals surface area contributed by atoms with E-state index in [4.69, 9.17) is 4.52 Å². The van der Waals surface area contributed by atoms with Crippen LogP contribution < -0.4 is 5.32 Å². The maximum absolute atomic E-state index is 13.2. The third kappa shape index (κ3) is 5.16. The van der Waals surface area contributed by atoms with Gasteiger partial charge in [-0.1, -0.05) is 17.3 Å². The van der Waals surface area contributed by atoms with Gasteiger partial charge in [-0.3, -0.25) is 14.3 Å². The SMILES string of the molecule is Cc1cc(CSc2ccccc2C(=O)N2CCC(NC(=O)c3cnn(C)c3)CC2)on1. The van der Waals surface area contributed by atoms with E-state index in [2.05, 4.69) is 15.6 Å². The predicted octanol–water partition coefficient (Wildman–Crippen LogP) is 3.04. The molecule has 0 radical (unpaired) electrons. The summed E-state index contributed by atoms with van der Waals surface area (Å²) in [6, 6.07) is 9.61. The quantitative estimate of drug-likeness (QED) is 0.594. The molecule has 8 nitrogen and oxygen atoms in total. The van der Waals surface area contributed by atoms with Crippen LogP contribution in [0.2, 0.25) is 0 Å². The first-order valence-corrected chi connectivity index (χ1v) is 11.2. The molecule has 1 fully saturated rings. The minimum atomic E-state index is -0.123. The number of carbonyl (C=O) groups is 2. The van der Waals surface area contributed by atoms with Gasteiger partial charge in [-0.05, 0) is 31.9 Å². The Morgan fingerprint density at radius 2 is 2.03 bits per heavy atom. The highest BCUT2D eigenvalue weighted by Crippen LogP contribution is 2.28. The number of thioether (sulfide) groups is 1. The van der Waals surface area contributed by atoms with Crippen molar-refractivity contribution in [2.45, 2.75) is 36.5 Å². The molecule has 3 aromatic rings. The highest BCUT2D eigenvalue weighted by atomic mass is 32.2. The van der Waals surface area contributed by atoms with Gasteiger partial charge in [0.25, 0.3) is 11.8 Å². The average Bonchev–Trinajstić information content (AvgIpc) is 3.40. The van der Waals surface area contributed by atoms with Gasteiger partial charge in [0, 0.05) is 43.3 Å². The summed E-state index contributed by atoms with van der Waals surface area (Å²) >= 11 is 1.57. The summed E-state index contributed by atoms with van der Waals surface area (Å²) in [6.07, 6.45) is 4.71. The Morgan fingerprint density at radius 1 is 1.26 bits per heavy atom. The molecule has 0 unspecified atom stereocenters. The van der Waals surface area contributed by atoms with Crippen molar-refractivity contribution in [1.82, 2.24) is 25.2 Å². The van der Waals surface area contributed by atoms with Gasteiger partial charge in [0.05, 0.1) is 28.8 Å². The molecule has 3 heterocycles. The number of amides is 2. The summed E-state index contributed by atoms with van der Waals surface area (Å²) < 4.78 is 6.88. The number of nitrogens with zero attached hydrogens (tertiary/aromatic N) is 4. The second-order valence-electron chi connectivity index (χ2n) is 7.66. The van der Waals surface area contributed by atoms with E-state index in [-0.39, 0.29) is 17.9 Å². The molecule has 162 valence electrons. The van der Waals surface area contributed by atoms with Crippen molar-refractivity contribution >= 4 is 23.6 Å². The third-order valence-electron chi connectivity index (χ3n) is 5.25. The van der Waals surface area contributed by atoms with Crippen molar-refractivity contribution in [2.75, 3.05) is 13.1 Å². The number of piperidine rings is 1. The summed E-state index contributed by atoms with van der Waals surface area (Å²) in [6.45, 7) is 3.10. The molecule has 1 N–H and O–H groups in total. The van der Waals surface area contributed by atoms with Crippen molar-refractivity contribution in [3.05, 3.63) is 65.3 Å². The Kier molecular flexibility index (Phi) is 6.41. The minimum absolute atomic E-state index is 0.0221. The van der Waals surface area contributed by atoms with Crippen LogP contribution in [-0.4, -0.2) is 50.8 Å². The van der Waals surface area contributed by atoms with Crippen LogP contribution in [0.5, 0.6) is 0 Å². The smallest absolute Gasteiger partial charge is 0.254 e. The molecule has 9 heteroatoms. The first kappa shape index (κ1) is 21.2. The molecule has 1 saturated heterocycles. The summed E-state index contributed by atoms with van der Waals surface area (Å²) in [5, 5.41) is 11.0. The summed E-state index contributed by atoms with van der Waals surface area (Å²) in [4.78, 5) is 28.3. The highest BCUT2D eigenvalue weighted by Gasteiger charge is 2.26. The van der Waals surface area contributed by atoms with Crippen LogP contribution in [0, 0.1) is 6.92 Å². The van der Waals surface area contributed by atoms with Gasteiger partial charge in [-0.2, -0.15) is 5.10 Å². The van der Waals surface area contributed by atoms with Crippen LogP contribution in [0.15, 0.2) is 52.1 Å². The Morgan fingerprint density at radius 3 is 2.71 bits per heavy atom. The Balaban J connectivity index is 1.33. The molecule has 1 aromatic carbocycles. The first-order valence-electron chi connectivity index (χ1n) is 10.2. The van der Waals surface area contributed by atoms with Gasteiger partial charge in [-0.25, -0.2) is 0 Å². The van der Waals surface area contributed by atoms with Crippen LogP contribution in [0.3, 0.4) is 0 Å². The Bertz CT molecular complexity index is 1070. The molecule has 1 aliphatic rings. The van der Waals surface area contributed by atoms with Crippen molar-refractivity contribution in [1.29, 1.82) is 0 Å². The lowest BCUT2D eigenvalue weighted by Gasteiger charge is -2.32. The normalized spacial score (nSPS) is 14.6. The number of hydrogen-bond acceptors (Lipinski definition) is 6. The van der Waals surface area contributed by atoms with E-state index in [1.807, 2.05) is 42.2 Å². The van der Waals surface area contributed by atoms with Gasteiger partial charge in [0.1, 0.15) is 5.76 Å². The average molecular weight is 440 g/mol. The van der Waals surface area contributed by atoms with Crippen LogP contribution in [-0.2, 0) is 12.8 Å². The van der Waals surface area contributed by atoms with E-state index >= 15 is 0 Å². The third-order valence-corrected chi connectivity index (χ3v) is 6.34. The molecule has 0 saturated carbocycles. The van der Waals surface area contributed by atoms with Gasteiger partial charge in [0.2, 0.25) is 0 Å². The largest absolute Gasteiger partial charge is 0.360 e. The molecular weight excluding hydrogens is 414 g/mol. The molecule has 0 aliphatic carbocycles. The molecule has 2 amide bonds. The summed E-state index contributed by atoms with van der Waals surface area (Å²) in [5.74, 6) is 1.30. The fraction of sp³-hybridized carbons (Fsp3) is 0.364. The van der Waals surface area contributed by atoms with Gasteiger partial charge in [0.15, 0.2) is 0 Å². The van der Waals surface area contributed by atoms with E-state index in [0.717, 1.165) is 29.2 Å². The maximum atomic E-state index is 13.2. The fourth-order valence-electron chi connectivity index (χ4n) is 3.61. The lowest BCUT2D eigenvalue weighted by atomic mass is 10.0. The molecule has 2 aromatic heterocycles. The van der Waals surface area contributed by atoms with E-state index in [1.54, 1.807) is 35.9 Å². The number of rotatable bonds is 6. The van der Waals surface area contributed by atoms with Crippen LogP contribution in [0.1, 0.15) is 45.0 Å². The minimum Gasteiger partial charge on any atom is -0.360 e. The van der Waals surface area contributed by atoms with Crippen molar-refractivity contribution in [3.63, 3.8) is 0 Å². The van der Waals surface area contributed by atoms with E-state index in [0.29, 0.717) is 30.0 Å². The van der Waals surface area contributed by atoms with Crippen molar-refractivity contribution in [2.24, 2.45) is 7.05 Å². The number of nitrogens with one attached hydrogen (secondary N) is 1. The van der Waals surface area contributed by atoms with Crippen molar-refractivity contribution in [3.8, 4) is 0 Å². The standard InChI is InChI=1S/C22H25N5O3S/c1-15-11-18(30-25-15)14-31-20-6-4-3-5-19(20)22(29)27-9-7-17(8-10-27)24-21(28)16-12-23-26(2)13-16/h3-6,11-13,17H,7-10,14H2,1-2H3,(H,24,28). The van der Waals surface area contributed by atoms with Gasteiger partial charge < -0.3 is 14.7 Å². The second-order valence-corrected chi connectivity index (χ2v) is 8.68. The zero-order chi connectivity index (χ0) is 21.8. The van der Waals surface area contributed by atoms with E-state index in [1.165, 1.54) is 0 Å². The maximum Gasteiger partial charge on any atom is 0.254 e. The first-order chi connectivity index (χ1) is 15.0. The number of carbonyl (C=O) groups excluding carboxylic acids is 2. The summed E-state index contributed by atoms with van der Waals surface area (Å²) in [5.41, 5.74) is 2.09. The molecule has 1 aliphatic heterocycles. The topological polar surface area (TPSA) is 93.3 Å². The molecule has 31 heavy (non-hydrogen) atoms. The zero-order valence-electron chi connectivity index (χ0n) is 17.6. The van der Waals surface area contributed by atoms with E-state index in [9.17, 15) is 9.59 Å². The lowest BCUT2D eigenvalue weighted by molar-refractivity contribution is 0.0694. The van der Waals surface area contributed by atoms with Crippen LogP contribution in [0.25, 0.3) is 0 Å². The molecule has 0 atom stereocenters. The van der Waals surface area contributed by atoms with Crippen LogP contribution >= 0.6 is 11.8 Å². The van der Waals surface area contributed by atoms with Gasteiger partial charge >= 0.3 is 0 Å². The Hall–Kier alpha value is -3.07. The Labute approximate surface area is 185 Å². The molecular formula is C22H25N5O3S. The lowest BCUT2D eigenvalue weighted by Crippen LogP contribution is -2.46. The number of benzene rings is 1. The van der Waals surface area contributed by atoms with E-state index < -0.39 is 0 Å². The van der Waals surface area contributed by atoms with Crippen LogP contribution in [0.4, 0.5) is 0 Å². The fourth-order valence-corrected chi connectivity index (χ4v) is 4.53. The number of aryl methyl sites for hydroxylation is 2. The number of aromatic nitrogens is 3. The summed E-state index contributed by atoms with van der Waals surface area (Å²) in [7, 11) is 1.78. The predicted molar refractivity (Wildman–Crippen MR) is 117 cm³/mol. The molecule has 0 bridgehead atoms. The molecule has 4 rings (SSSR count). The van der Waals surface area contributed by atoms with Gasteiger partial charge in [-0.15, -0.1) is 11.8 Å². The second kappa shape index (κ2) is 9.38. The number of hydrogen-bond donors (Lipinski definition) is 1. The number of likely N-dealkylation sites (tertiary alicyclic amines) is 1.